The van der Waals surface area contributed by atoms with Crippen LogP contribution in [-0.4, -0.2) is 18.2 Å². The monoisotopic (exact) mass is 331 g/mol. The molecule has 2 N–H and O–H groups in total. The first-order chi connectivity index (χ1) is 12.1. The van der Waals surface area contributed by atoms with Crippen molar-refractivity contribution in [3.63, 3.8) is 0 Å². The molecule has 0 aliphatic rings. The van der Waals surface area contributed by atoms with E-state index in [0.29, 0.717) is 0 Å². The topological polar surface area (TPSA) is 53.5 Å². The minimum Gasteiger partial charge on any atom is -0.373 e. The molecule has 3 aromatic rings. The zero-order valence-corrected chi connectivity index (χ0v) is 14.4. The number of benzene rings is 3. The zero-order valence-electron chi connectivity index (χ0n) is 14.4. The molecule has 126 valence electrons. The van der Waals surface area contributed by atoms with Gasteiger partial charge in [-0.1, -0.05) is 60.7 Å². The summed E-state index contributed by atoms with van der Waals surface area (Å²) < 4.78 is 0. The van der Waals surface area contributed by atoms with Gasteiger partial charge in [0.05, 0.1) is 6.21 Å². The number of hydrazone groups is 1. The van der Waals surface area contributed by atoms with Crippen LogP contribution in [0.25, 0.3) is 10.8 Å². The van der Waals surface area contributed by atoms with E-state index in [2.05, 4.69) is 28.0 Å². The molecule has 0 aliphatic heterocycles. The third kappa shape index (κ3) is 4.04. The molecule has 0 fully saturated rings. The summed E-state index contributed by atoms with van der Waals surface area (Å²) in [5.41, 5.74) is 5.63. The van der Waals surface area contributed by atoms with Crippen molar-refractivity contribution in [3.8, 4) is 0 Å². The van der Waals surface area contributed by atoms with E-state index in [1.165, 1.54) is 0 Å². The van der Waals surface area contributed by atoms with Gasteiger partial charge < -0.3 is 5.32 Å². The van der Waals surface area contributed by atoms with E-state index in [9.17, 15) is 4.79 Å². The summed E-state index contributed by atoms with van der Waals surface area (Å²) in [4.78, 5) is 12.3. The standard InChI is InChI=1S/C21H21N3O/c1-15-8-3-4-10-18(15)14-22-24-21(25)16(2)23-20-13-7-11-17-9-5-6-12-19(17)20/h3-14,16,23H,1-2H3,(H,24,25)/b22-14+. The van der Waals surface area contributed by atoms with Crippen LogP contribution in [0.15, 0.2) is 71.8 Å². The molecule has 0 bridgehead atoms. The van der Waals surface area contributed by atoms with Gasteiger partial charge in [-0.25, -0.2) is 5.43 Å². The second-order valence-corrected chi connectivity index (χ2v) is 5.98. The lowest BCUT2D eigenvalue weighted by molar-refractivity contribution is -0.121. The molecule has 1 atom stereocenters. The van der Waals surface area contributed by atoms with Crippen LogP contribution < -0.4 is 10.7 Å². The molecular weight excluding hydrogens is 310 g/mol. The summed E-state index contributed by atoms with van der Waals surface area (Å²) in [6.45, 7) is 3.83. The van der Waals surface area contributed by atoms with Crippen LogP contribution in [0, 0.1) is 6.92 Å². The average molecular weight is 331 g/mol. The first-order valence-electron chi connectivity index (χ1n) is 8.28. The molecule has 0 saturated heterocycles. The summed E-state index contributed by atoms with van der Waals surface area (Å²) >= 11 is 0. The fourth-order valence-corrected chi connectivity index (χ4v) is 2.64. The Hall–Kier alpha value is -3.14. The van der Waals surface area contributed by atoms with Crippen LogP contribution in [0.4, 0.5) is 5.69 Å². The summed E-state index contributed by atoms with van der Waals surface area (Å²) in [5, 5.41) is 9.55. The maximum Gasteiger partial charge on any atom is 0.262 e. The van der Waals surface area contributed by atoms with Crippen LogP contribution in [0.3, 0.4) is 0 Å². The van der Waals surface area contributed by atoms with Crippen LogP contribution in [0.1, 0.15) is 18.1 Å². The molecule has 0 heterocycles. The number of amides is 1. The molecule has 0 saturated carbocycles. The molecule has 0 radical (unpaired) electrons. The molecule has 4 heteroatoms. The molecule has 1 amide bonds. The quantitative estimate of drug-likeness (QED) is 0.546. The first-order valence-corrected chi connectivity index (χ1v) is 8.28. The van der Waals surface area contributed by atoms with Gasteiger partial charge in [0.2, 0.25) is 0 Å². The fourth-order valence-electron chi connectivity index (χ4n) is 2.64. The Kier molecular flexibility index (Phi) is 5.09. The Labute approximate surface area is 147 Å². The zero-order chi connectivity index (χ0) is 17.6. The predicted molar refractivity (Wildman–Crippen MR) is 104 cm³/mol. The highest BCUT2D eigenvalue weighted by atomic mass is 16.2. The van der Waals surface area contributed by atoms with Crippen molar-refractivity contribution in [3.05, 3.63) is 77.9 Å². The molecular formula is C21H21N3O. The summed E-state index contributed by atoms with van der Waals surface area (Å²) in [6.07, 6.45) is 1.66. The number of carbonyl (C=O) groups is 1. The van der Waals surface area contributed by atoms with Crippen molar-refractivity contribution >= 4 is 28.6 Å². The molecule has 4 nitrogen and oxygen atoms in total. The van der Waals surface area contributed by atoms with E-state index in [1.54, 1.807) is 6.21 Å². The van der Waals surface area contributed by atoms with Gasteiger partial charge in [-0.15, -0.1) is 0 Å². The van der Waals surface area contributed by atoms with Gasteiger partial charge in [0, 0.05) is 11.1 Å². The van der Waals surface area contributed by atoms with E-state index < -0.39 is 6.04 Å². The second kappa shape index (κ2) is 7.62. The number of nitrogens with one attached hydrogen (secondary N) is 2. The number of hydrogen-bond donors (Lipinski definition) is 2. The van der Waals surface area contributed by atoms with Crippen LogP contribution >= 0.6 is 0 Å². The minimum absolute atomic E-state index is 0.183. The molecule has 1 unspecified atom stereocenters. The SMILES string of the molecule is Cc1ccccc1/C=N/NC(=O)C(C)Nc1cccc2ccccc12. The molecule has 3 rings (SSSR count). The van der Waals surface area contributed by atoms with Crippen molar-refractivity contribution in [2.24, 2.45) is 5.10 Å². The largest absolute Gasteiger partial charge is 0.373 e. The van der Waals surface area contributed by atoms with Gasteiger partial charge in [-0.2, -0.15) is 5.10 Å². The second-order valence-electron chi connectivity index (χ2n) is 5.98. The Balaban J connectivity index is 1.65. The fraction of sp³-hybridized carbons (Fsp3) is 0.143. The van der Waals surface area contributed by atoms with Crippen LogP contribution in [0.2, 0.25) is 0 Å². The van der Waals surface area contributed by atoms with Gasteiger partial charge in [-0.05, 0) is 36.4 Å². The van der Waals surface area contributed by atoms with Crippen molar-refractivity contribution < 1.29 is 4.79 Å². The number of fused-ring (bicyclic) bond motifs is 1. The Bertz CT molecular complexity index is 912. The maximum absolute atomic E-state index is 12.3. The summed E-state index contributed by atoms with van der Waals surface area (Å²) in [6, 6.07) is 21.6. The number of aryl methyl sites for hydroxylation is 1. The molecule has 0 aliphatic carbocycles. The minimum atomic E-state index is -0.403. The molecule has 3 aromatic carbocycles. The predicted octanol–water partition coefficient (Wildman–Crippen LogP) is 4.10. The van der Waals surface area contributed by atoms with Crippen molar-refractivity contribution in [1.29, 1.82) is 0 Å². The first kappa shape index (κ1) is 16.7. The third-order valence-corrected chi connectivity index (χ3v) is 4.12. The Morgan fingerprint density at radius 1 is 1.00 bits per heavy atom. The van der Waals surface area contributed by atoms with Crippen molar-refractivity contribution in [2.75, 3.05) is 5.32 Å². The van der Waals surface area contributed by atoms with E-state index in [4.69, 9.17) is 0 Å². The normalized spacial score (nSPS) is 12.2. The van der Waals surface area contributed by atoms with E-state index in [0.717, 1.165) is 27.6 Å². The third-order valence-electron chi connectivity index (χ3n) is 4.12. The highest BCUT2D eigenvalue weighted by Gasteiger charge is 2.12. The molecule has 0 spiro atoms. The average Bonchev–Trinajstić information content (AvgIpc) is 2.63. The van der Waals surface area contributed by atoms with Gasteiger partial charge in [0.1, 0.15) is 6.04 Å². The highest BCUT2D eigenvalue weighted by molar-refractivity contribution is 5.96. The number of rotatable bonds is 5. The maximum atomic E-state index is 12.3. The highest BCUT2D eigenvalue weighted by Crippen LogP contribution is 2.23. The smallest absolute Gasteiger partial charge is 0.262 e. The lowest BCUT2D eigenvalue weighted by Crippen LogP contribution is -2.34. The molecule has 0 aromatic heterocycles. The van der Waals surface area contributed by atoms with Gasteiger partial charge in [-0.3, -0.25) is 4.79 Å². The number of nitrogens with zero attached hydrogens (tertiary/aromatic N) is 1. The lowest BCUT2D eigenvalue weighted by Gasteiger charge is -2.15. The Morgan fingerprint density at radius 3 is 2.56 bits per heavy atom. The van der Waals surface area contributed by atoms with Gasteiger partial charge in [0.15, 0.2) is 0 Å². The van der Waals surface area contributed by atoms with Gasteiger partial charge >= 0.3 is 0 Å². The van der Waals surface area contributed by atoms with Gasteiger partial charge in [0.25, 0.3) is 5.91 Å². The Morgan fingerprint density at radius 2 is 1.72 bits per heavy atom. The van der Waals surface area contributed by atoms with Crippen LogP contribution in [-0.2, 0) is 4.79 Å². The van der Waals surface area contributed by atoms with Crippen molar-refractivity contribution in [2.45, 2.75) is 19.9 Å². The number of anilines is 1. The van der Waals surface area contributed by atoms with E-state index >= 15 is 0 Å². The lowest BCUT2D eigenvalue weighted by atomic mass is 10.1. The van der Waals surface area contributed by atoms with E-state index in [1.807, 2.05) is 68.4 Å². The molecule has 25 heavy (non-hydrogen) atoms. The number of carbonyl (C=O) groups excluding carboxylic acids is 1. The number of hydrogen-bond acceptors (Lipinski definition) is 3. The summed E-state index contributed by atoms with van der Waals surface area (Å²) in [5.74, 6) is -0.183. The summed E-state index contributed by atoms with van der Waals surface area (Å²) in [7, 11) is 0. The van der Waals surface area contributed by atoms with E-state index in [-0.39, 0.29) is 5.91 Å². The van der Waals surface area contributed by atoms with Crippen LogP contribution in [0.5, 0.6) is 0 Å². The van der Waals surface area contributed by atoms with Crippen molar-refractivity contribution in [1.82, 2.24) is 5.43 Å².